The molecule has 0 heterocycles. The van der Waals surface area contributed by atoms with E-state index < -0.39 is 0 Å². The number of hydrogen-bond acceptors (Lipinski definition) is 1. The van der Waals surface area contributed by atoms with E-state index in [9.17, 15) is 0 Å². The molecule has 1 aliphatic rings. The van der Waals surface area contributed by atoms with Gasteiger partial charge in [0.1, 0.15) is 0 Å². The van der Waals surface area contributed by atoms with E-state index in [-0.39, 0.29) is 11.0 Å². The summed E-state index contributed by atoms with van der Waals surface area (Å²) >= 11 is 0. The molecule has 0 bridgehead atoms. The summed E-state index contributed by atoms with van der Waals surface area (Å²) in [6, 6.07) is 9.42. The lowest BCUT2D eigenvalue weighted by molar-refractivity contribution is 0.124. The molecule has 1 saturated carbocycles. The molecule has 1 heteroatoms. The highest BCUT2D eigenvalue weighted by atomic mass is 15.0. The van der Waals surface area contributed by atoms with Gasteiger partial charge in [-0.2, -0.15) is 0 Å². The van der Waals surface area contributed by atoms with Crippen molar-refractivity contribution in [2.24, 2.45) is 5.92 Å². The van der Waals surface area contributed by atoms with Crippen molar-refractivity contribution in [2.45, 2.75) is 77.7 Å². The number of nitrogens with one attached hydrogen (secondary N) is 1. The van der Waals surface area contributed by atoms with Gasteiger partial charge in [0, 0.05) is 17.5 Å². The van der Waals surface area contributed by atoms with Gasteiger partial charge in [0.2, 0.25) is 0 Å². The van der Waals surface area contributed by atoms with Crippen LogP contribution < -0.4 is 5.32 Å². The summed E-state index contributed by atoms with van der Waals surface area (Å²) in [7, 11) is 0. The summed E-state index contributed by atoms with van der Waals surface area (Å²) in [5, 5.41) is 3.74. The van der Waals surface area contributed by atoms with Gasteiger partial charge in [-0.15, -0.1) is 0 Å². The van der Waals surface area contributed by atoms with Crippen LogP contribution in [-0.2, 0) is 10.8 Å². The van der Waals surface area contributed by atoms with Gasteiger partial charge in [-0.3, -0.25) is 0 Å². The molecule has 2 rings (SSSR count). The molecule has 0 aliphatic heterocycles. The van der Waals surface area contributed by atoms with Crippen LogP contribution in [-0.4, -0.2) is 12.1 Å². The van der Waals surface area contributed by atoms with Crippen LogP contribution in [0.15, 0.2) is 24.3 Å². The van der Waals surface area contributed by atoms with E-state index in [1.165, 1.54) is 24.0 Å². The van der Waals surface area contributed by atoms with Gasteiger partial charge in [-0.05, 0) is 56.1 Å². The maximum atomic E-state index is 3.74. The third kappa shape index (κ3) is 3.51. The topological polar surface area (TPSA) is 12.0 Å². The smallest absolute Gasteiger partial charge is 0.0104 e. The molecular weight excluding hydrogens is 254 g/mol. The zero-order chi connectivity index (χ0) is 15.9. The van der Waals surface area contributed by atoms with Gasteiger partial charge in [-0.25, -0.2) is 0 Å². The summed E-state index contributed by atoms with van der Waals surface area (Å²) in [5.74, 6) is 0.771. The maximum Gasteiger partial charge on any atom is 0.0104 e. The first-order valence-corrected chi connectivity index (χ1v) is 8.41. The van der Waals surface area contributed by atoms with Crippen LogP contribution in [0, 0.1) is 5.92 Å². The zero-order valence-corrected chi connectivity index (χ0v) is 15.0. The summed E-state index contributed by atoms with van der Waals surface area (Å²) in [5.41, 5.74) is 3.71. The zero-order valence-electron chi connectivity index (χ0n) is 15.0. The van der Waals surface area contributed by atoms with Crippen LogP contribution in [0.1, 0.15) is 72.4 Å². The predicted molar refractivity (Wildman–Crippen MR) is 93.0 cm³/mol. The quantitative estimate of drug-likeness (QED) is 0.821. The fourth-order valence-corrected chi connectivity index (χ4v) is 3.30. The predicted octanol–water partition coefficient (Wildman–Crippen LogP) is 5.04. The Bertz CT molecular complexity index is 472. The monoisotopic (exact) mass is 287 g/mol. The van der Waals surface area contributed by atoms with E-state index >= 15 is 0 Å². The first-order chi connectivity index (χ1) is 9.55. The van der Waals surface area contributed by atoms with E-state index in [1.54, 1.807) is 0 Å². The van der Waals surface area contributed by atoms with Crippen molar-refractivity contribution in [3.63, 3.8) is 0 Å². The highest BCUT2D eigenvalue weighted by molar-refractivity contribution is 5.35. The number of benzene rings is 1. The van der Waals surface area contributed by atoms with Gasteiger partial charge >= 0.3 is 0 Å². The van der Waals surface area contributed by atoms with Gasteiger partial charge in [0.15, 0.2) is 0 Å². The maximum absolute atomic E-state index is 3.74. The summed E-state index contributed by atoms with van der Waals surface area (Å²) in [6.07, 6.45) is 2.67. The summed E-state index contributed by atoms with van der Waals surface area (Å²) in [6.45, 7) is 17.1. The normalized spacial score (nSPS) is 26.5. The number of rotatable bonds is 3. The average Bonchev–Trinajstić information content (AvgIpc) is 2.36. The molecular formula is C20H33N. The molecule has 21 heavy (non-hydrogen) atoms. The lowest BCUT2D eigenvalue weighted by Gasteiger charge is -2.50. The van der Waals surface area contributed by atoms with Gasteiger partial charge in [0.05, 0.1) is 0 Å². The molecule has 2 atom stereocenters. The van der Waals surface area contributed by atoms with Crippen molar-refractivity contribution in [3.05, 3.63) is 35.4 Å². The van der Waals surface area contributed by atoms with E-state index in [1.807, 2.05) is 0 Å². The largest absolute Gasteiger partial charge is 0.311 e. The third-order valence-electron chi connectivity index (χ3n) is 5.23. The van der Waals surface area contributed by atoms with Crippen LogP contribution in [0.4, 0.5) is 0 Å². The molecule has 0 amide bonds. The van der Waals surface area contributed by atoms with E-state index in [4.69, 9.17) is 0 Å². The number of hydrogen-bond donors (Lipinski definition) is 1. The lowest BCUT2D eigenvalue weighted by Crippen LogP contribution is -2.53. The fourth-order valence-electron chi connectivity index (χ4n) is 3.30. The molecule has 0 aromatic heterocycles. The summed E-state index contributed by atoms with van der Waals surface area (Å²) in [4.78, 5) is 0. The van der Waals surface area contributed by atoms with Crippen LogP contribution in [0.5, 0.6) is 0 Å². The lowest BCUT2D eigenvalue weighted by atomic mass is 9.57. The Hall–Kier alpha value is -0.820. The van der Waals surface area contributed by atoms with Crippen molar-refractivity contribution >= 4 is 0 Å². The Kier molecular flexibility index (Phi) is 4.28. The van der Waals surface area contributed by atoms with Crippen molar-refractivity contribution in [1.29, 1.82) is 0 Å². The standard InChI is InChI=1S/C20H33N/c1-15-12-13-20(15,14-21-19(5,6)7)17-10-8-16(9-11-17)18(2,3)4/h8-11,15,21H,12-14H2,1-7H3. The fraction of sp³-hybridized carbons (Fsp3) is 0.700. The van der Waals surface area contributed by atoms with E-state index in [0.717, 1.165) is 12.5 Å². The van der Waals surface area contributed by atoms with Crippen LogP contribution in [0.25, 0.3) is 0 Å². The molecule has 1 aliphatic carbocycles. The Morgan fingerprint density at radius 1 is 1.05 bits per heavy atom. The third-order valence-corrected chi connectivity index (χ3v) is 5.23. The SMILES string of the molecule is CC1CCC1(CNC(C)(C)C)c1ccc(C(C)(C)C)cc1. The minimum absolute atomic E-state index is 0.188. The van der Waals surface area contributed by atoms with Crippen molar-refractivity contribution in [3.8, 4) is 0 Å². The van der Waals surface area contributed by atoms with Gasteiger partial charge in [0.25, 0.3) is 0 Å². The van der Waals surface area contributed by atoms with Gasteiger partial charge in [-0.1, -0.05) is 52.0 Å². The molecule has 2 unspecified atom stereocenters. The van der Waals surface area contributed by atoms with Crippen molar-refractivity contribution in [2.75, 3.05) is 6.54 Å². The Morgan fingerprint density at radius 2 is 1.62 bits per heavy atom. The molecule has 1 aromatic carbocycles. The van der Waals surface area contributed by atoms with Crippen molar-refractivity contribution in [1.82, 2.24) is 5.32 Å². The molecule has 1 N–H and O–H groups in total. The molecule has 1 nitrogen and oxygen atoms in total. The van der Waals surface area contributed by atoms with Gasteiger partial charge < -0.3 is 5.32 Å². The van der Waals surface area contributed by atoms with E-state index in [2.05, 4.69) is 78.0 Å². The second-order valence-electron chi connectivity index (χ2n) is 9.03. The highest BCUT2D eigenvalue weighted by Gasteiger charge is 2.45. The second kappa shape index (κ2) is 5.43. The van der Waals surface area contributed by atoms with E-state index in [0.29, 0.717) is 5.41 Å². The summed E-state index contributed by atoms with van der Waals surface area (Å²) < 4.78 is 0. The molecule has 118 valence electrons. The Morgan fingerprint density at radius 3 is 1.95 bits per heavy atom. The highest BCUT2D eigenvalue weighted by Crippen LogP contribution is 2.48. The molecule has 0 saturated heterocycles. The first kappa shape index (κ1) is 16.5. The molecule has 0 radical (unpaired) electrons. The molecule has 1 fully saturated rings. The second-order valence-corrected chi connectivity index (χ2v) is 9.03. The average molecular weight is 287 g/mol. The minimum atomic E-state index is 0.188. The Balaban J connectivity index is 2.23. The van der Waals surface area contributed by atoms with Crippen LogP contribution >= 0.6 is 0 Å². The molecule has 0 spiro atoms. The minimum Gasteiger partial charge on any atom is -0.311 e. The van der Waals surface area contributed by atoms with Crippen LogP contribution in [0.3, 0.4) is 0 Å². The molecule has 1 aromatic rings. The van der Waals surface area contributed by atoms with Crippen molar-refractivity contribution < 1.29 is 0 Å². The van der Waals surface area contributed by atoms with Crippen LogP contribution in [0.2, 0.25) is 0 Å². The first-order valence-electron chi connectivity index (χ1n) is 8.41. The Labute approximate surface area is 131 Å².